The molecule has 0 amide bonds. The lowest BCUT2D eigenvalue weighted by Crippen LogP contribution is -2.09. The fourth-order valence-electron chi connectivity index (χ4n) is 2.22. The molecule has 0 saturated heterocycles. The molecule has 7 heteroatoms. The van der Waals surface area contributed by atoms with Crippen LogP contribution in [-0.2, 0) is 13.6 Å². The fraction of sp³-hybridized carbons (Fsp3) is 0.125. The number of nitriles is 1. The molecule has 23 heavy (non-hydrogen) atoms. The van der Waals surface area contributed by atoms with Crippen LogP contribution >= 0.6 is 11.6 Å². The smallest absolute Gasteiger partial charge is 0.224 e. The molecule has 0 spiro atoms. The number of halogens is 1. The molecular weight excluding hydrogens is 314 g/mol. The van der Waals surface area contributed by atoms with E-state index in [1.54, 1.807) is 41.1 Å². The summed E-state index contributed by atoms with van der Waals surface area (Å²) in [5, 5.41) is 9.95. The van der Waals surface area contributed by atoms with E-state index in [1.807, 2.05) is 17.8 Å². The first kappa shape index (κ1) is 15.0. The van der Waals surface area contributed by atoms with Gasteiger partial charge in [-0.05, 0) is 24.3 Å². The highest BCUT2D eigenvalue weighted by atomic mass is 35.5. The summed E-state index contributed by atoms with van der Waals surface area (Å²) in [4.78, 5) is 4.27. The van der Waals surface area contributed by atoms with Gasteiger partial charge in [-0.2, -0.15) is 5.26 Å². The molecule has 0 aliphatic carbocycles. The highest BCUT2D eigenvalue weighted by molar-refractivity contribution is 6.30. The van der Waals surface area contributed by atoms with Crippen LogP contribution in [0.15, 0.2) is 42.7 Å². The molecule has 0 saturated carbocycles. The molecule has 0 unspecified atom stereocenters. The van der Waals surface area contributed by atoms with Crippen LogP contribution in [0.5, 0.6) is 11.6 Å². The van der Waals surface area contributed by atoms with E-state index in [9.17, 15) is 5.26 Å². The van der Waals surface area contributed by atoms with Gasteiger partial charge in [0.25, 0.3) is 0 Å². The molecule has 0 bridgehead atoms. The molecule has 2 N–H and O–H groups in total. The van der Waals surface area contributed by atoms with Gasteiger partial charge in [0.2, 0.25) is 5.88 Å². The van der Waals surface area contributed by atoms with Crippen molar-refractivity contribution in [3.8, 4) is 17.7 Å². The molecule has 2 aromatic heterocycles. The quantitative estimate of drug-likeness (QED) is 0.798. The van der Waals surface area contributed by atoms with E-state index >= 15 is 0 Å². The lowest BCUT2D eigenvalue weighted by Gasteiger charge is -2.12. The number of hydrogen-bond acceptors (Lipinski definition) is 4. The zero-order valence-electron chi connectivity index (χ0n) is 12.4. The monoisotopic (exact) mass is 327 g/mol. The van der Waals surface area contributed by atoms with Gasteiger partial charge >= 0.3 is 0 Å². The average Bonchev–Trinajstić information content (AvgIpc) is 3.07. The number of ether oxygens (including phenoxy) is 1. The van der Waals surface area contributed by atoms with Gasteiger partial charge in [-0.3, -0.25) is 4.57 Å². The van der Waals surface area contributed by atoms with Crippen molar-refractivity contribution in [1.29, 1.82) is 5.26 Å². The Kier molecular flexibility index (Phi) is 3.96. The number of rotatable bonds is 4. The summed E-state index contributed by atoms with van der Waals surface area (Å²) >= 11 is 5.88. The predicted octanol–water partition coefficient (Wildman–Crippen LogP) is 3.17. The van der Waals surface area contributed by atoms with Gasteiger partial charge < -0.3 is 15.0 Å². The van der Waals surface area contributed by atoms with Gasteiger partial charge in [-0.1, -0.05) is 11.6 Å². The van der Waals surface area contributed by atoms with Gasteiger partial charge in [0, 0.05) is 30.5 Å². The van der Waals surface area contributed by atoms with Crippen LogP contribution in [-0.4, -0.2) is 14.1 Å². The van der Waals surface area contributed by atoms with Crippen molar-refractivity contribution in [2.24, 2.45) is 7.05 Å². The number of hydrogen-bond donors (Lipinski definition) is 1. The number of nitrogens with two attached hydrogens (primary N) is 1. The molecule has 0 fully saturated rings. The average molecular weight is 328 g/mol. The molecule has 2 heterocycles. The molecule has 0 atom stereocenters. The highest BCUT2D eigenvalue weighted by Crippen LogP contribution is 2.32. The Morgan fingerprint density at radius 1 is 1.35 bits per heavy atom. The van der Waals surface area contributed by atoms with E-state index in [0.717, 1.165) is 5.82 Å². The third-order valence-electron chi connectivity index (χ3n) is 3.44. The molecule has 3 rings (SSSR count). The second-order valence-corrected chi connectivity index (χ2v) is 5.43. The summed E-state index contributed by atoms with van der Waals surface area (Å²) in [5.41, 5.74) is 6.82. The normalized spacial score (nSPS) is 10.5. The van der Waals surface area contributed by atoms with Crippen LogP contribution in [0, 0.1) is 11.3 Å². The number of nitrogens with zero attached hydrogens (tertiary/aromatic N) is 4. The molecule has 6 nitrogen and oxygen atoms in total. The Hall–Kier alpha value is -2.91. The molecule has 0 aliphatic rings. The van der Waals surface area contributed by atoms with Crippen molar-refractivity contribution in [2.75, 3.05) is 5.73 Å². The Balaban J connectivity index is 1.99. The molecule has 0 aliphatic heterocycles. The van der Waals surface area contributed by atoms with Gasteiger partial charge in [0.15, 0.2) is 0 Å². The maximum Gasteiger partial charge on any atom is 0.224 e. The molecule has 1 aromatic carbocycles. The first-order valence-electron chi connectivity index (χ1n) is 6.87. The van der Waals surface area contributed by atoms with Gasteiger partial charge in [-0.25, -0.2) is 4.98 Å². The number of benzene rings is 1. The van der Waals surface area contributed by atoms with Gasteiger partial charge in [0.1, 0.15) is 23.3 Å². The van der Waals surface area contributed by atoms with E-state index < -0.39 is 0 Å². The van der Waals surface area contributed by atoms with Crippen LogP contribution in [0.1, 0.15) is 11.5 Å². The molecule has 116 valence electrons. The van der Waals surface area contributed by atoms with Crippen LogP contribution in [0.4, 0.5) is 5.69 Å². The van der Waals surface area contributed by atoms with Crippen molar-refractivity contribution in [3.05, 3.63) is 59.3 Å². The zero-order chi connectivity index (χ0) is 16.4. The second-order valence-electron chi connectivity index (χ2n) is 5.00. The largest absolute Gasteiger partial charge is 0.439 e. The van der Waals surface area contributed by atoms with E-state index in [1.165, 1.54) is 0 Å². The van der Waals surface area contributed by atoms with Crippen LogP contribution in [0.3, 0.4) is 0 Å². The van der Waals surface area contributed by atoms with Crippen molar-refractivity contribution >= 4 is 17.3 Å². The third-order valence-corrected chi connectivity index (χ3v) is 3.69. The Morgan fingerprint density at radius 2 is 2.09 bits per heavy atom. The van der Waals surface area contributed by atoms with Crippen LogP contribution in [0.2, 0.25) is 5.02 Å². The van der Waals surface area contributed by atoms with Crippen molar-refractivity contribution in [2.45, 2.75) is 6.54 Å². The third kappa shape index (κ3) is 3.00. The molecular formula is C16H14ClN5O. The first-order chi connectivity index (χ1) is 11.1. The molecule has 0 radical (unpaired) electrons. The van der Waals surface area contributed by atoms with Crippen molar-refractivity contribution in [1.82, 2.24) is 14.1 Å². The summed E-state index contributed by atoms with van der Waals surface area (Å²) in [7, 11) is 1.89. The van der Waals surface area contributed by atoms with Crippen LogP contribution < -0.4 is 10.5 Å². The Labute approximate surface area is 138 Å². The fourth-order valence-corrected chi connectivity index (χ4v) is 2.35. The maximum absolute atomic E-state index is 9.33. The van der Waals surface area contributed by atoms with E-state index in [0.29, 0.717) is 34.6 Å². The Bertz CT molecular complexity index is 873. The topological polar surface area (TPSA) is 81.8 Å². The lowest BCUT2D eigenvalue weighted by molar-refractivity contribution is 0.434. The first-order valence-corrected chi connectivity index (χ1v) is 7.25. The maximum atomic E-state index is 9.33. The molecule has 3 aromatic rings. The number of aryl methyl sites for hydroxylation is 1. The number of nitrogen functional groups attached to an aromatic ring is 1. The summed E-state index contributed by atoms with van der Waals surface area (Å²) in [6.07, 6.45) is 3.54. The predicted molar refractivity (Wildman–Crippen MR) is 87.4 cm³/mol. The zero-order valence-corrected chi connectivity index (χ0v) is 13.2. The summed E-state index contributed by atoms with van der Waals surface area (Å²) in [5.74, 6) is 1.79. The van der Waals surface area contributed by atoms with E-state index in [2.05, 4.69) is 11.1 Å². The lowest BCUT2D eigenvalue weighted by atomic mass is 10.3. The summed E-state index contributed by atoms with van der Waals surface area (Å²) < 4.78 is 9.44. The minimum Gasteiger partial charge on any atom is -0.439 e. The minimum atomic E-state index is 0.381. The number of aromatic nitrogens is 3. The standard InChI is InChI=1S/C16H14ClN5O/c1-21-7-6-20-15(21)10-22-12(9-18)8-14(19)16(22)23-13-4-2-11(17)3-5-13/h2-8H,10,19H2,1H3. The van der Waals surface area contributed by atoms with Gasteiger partial charge in [-0.15, -0.1) is 0 Å². The van der Waals surface area contributed by atoms with Crippen molar-refractivity contribution in [3.63, 3.8) is 0 Å². The van der Waals surface area contributed by atoms with Crippen LogP contribution in [0.25, 0.3) is 0 Å². The summed E-state index contributed by atoms with van der Waals surface area (Å²) in [6, 6.07) is 10.7. The second kappa shape index (κ2) is 6.07. The number of anilines is 1. The van der Waals surface area contributed by atoms with E-state index in [4.69, 9.17) is 22.1 Å². The van der Waals surface area contributed by atoms with Gasteiger partial charge in [0.05, 0.1) is 12.2 Å². The number of imidazole rings is 1. The Morgan fingerprint density at radius 3 is 2.70 bits per heavy atom. The van der Waals surface area contributed by atoms with Crippen molar-refractivity contribution < 1.29 is 4.74 Å². The summed E-state index contributed by atoms with van der Waals surface area (Å²) in [6.45, 7) is 0.381. The SMILES string of the molecule is Cn1ccnc1Cn1c(C#N)cc(N)c1Oc1ccc(Cl)cc1. The van der Waals surface area contributed by atoms with E-state index in [-0.39, 0.29) is 0 Å². The highest BCUT2D eigenvalue weighted by Gasteiger charge is 2.17. The minimum absolute atomic E-state index is 0.381.